The summed E-state index contributed by atoms with van der Waals surface area (Å²) < 4.78 is 7.29. The molecule has 0 aliphatic carbocycles. The lowest BCUT2D eigenvalue weighted by Crippen LogP contribution is -2.19. The summed E-state index contributed by atoms with van der Waals surface area (Å²) in [5.74, 6) is 0.113. The molecule has 0 saturated carbocycles. The van der Waals surface area contributed by atoms with Crippen LogP contribution in [0.2, 0.25) is 5.02 Å². The maximum Gasteiger partial charge on any atom is 0.335 e. The van der Waals surface area contributed by atoms with E-state index in [9.17, 15) is 14.7 Å². The number of fused-ring (bicyclic) bond motifs is 1. The average molecular weight is 479 g/mol. The highest BCUT2D eigenvalue weighted by Crippen LogP contribution is 2.32. The number of aromatic nitrogens is 3. The topological polar surface area (TPSA) is 124 Å². The van der Waals surface area contributed by atoms with Crippen LogP contribution >= 0.6 is 22.9 Å². The van der Waals surface area contributed by atoms with Gasteiger partial charge in [-0.3, -0.25) is 4.79 Å². The van der Waals surface area contributed by atoms with Crippen molar-refractivity contribution >= 4 is 39.7 Å². The van der Waals surface area contributed by atoms with Gasteiger partial charge in [-0.05, 0) is 30.3 Å². The van der Waals surface area contributed by atoms with E-state index in [0.717, 1.165) is 5.56 Å². The molecule has 0 fully saturated rings. The number of rotatable bonds is 5. The zero-order valence-corrected chi connectivity index (χ0v) is 18.4. The third-order valence-corrected chi connectivity index (χ3v) is 6.33. The van der Waals surface area contributed by atoms with Crippen LogP contribution in [0.1, 0.15) is 21.7 Å². The quantitative estimate of drug-likeness (QED) is 0.378. The molecule has 3 heterocycles. The van der Waals surface area contributed by atoms with Crippen molar-refractivity contribution in [3.8, 4) is 21.9 Å². The number of benzene rings is 2. The number of hydrogen-bond donors (Lipinski definition) is 2. The lowest BCUT2D eigenvalue weighted by molar-refractivity contribution is 0.0697. The number of carbonyl (C=O) groups is 1. The largest absolute Gasteiger partial charge is 0.478 e. The number of carboxylic acid groups (broad SMARTS) is 1. The van der Waals surface area contributed by atoms with Crippen molar-refractivity contribution < 1.29 is 14.3 Å². The number of hydrogen-bond acceptors (Lipinski definition) is 7. The van der Waals surface area contributed by atoms with Gasteiger partial charge in [-0.1, -0.05) is 53.3 Å². The lowest BCUT2D eigenvalue weighted by Gasteiger charge is -2.04. The molecule has 3 N–H and O–H groups in total. The first-order chi connectivity index (χ1) is 15.9. The van der Waals surface area contributed by atoms with E-state index in [1.54, 1.807) is 30.3 Å². The fourth-order valence-corrected chi connectivity index (χ4v) is 4.64. The van der Waals surface area contributed by atoms with Gasteiger partial charge in [0.1, 0.15) is 22.3 Å². The van der Waals surface area contributed by atoms with Crippen LogP contribution in [-0.4, -0.2) is 25.7 Å². The van der Waals surface area contributed by atoms with Crippen LogP contribution in [0.25, 0.3) is 26.9 Å². The molecule has 0 spiro atoms. The first-order valence-electron chi connectivity index (χ1n) is 9.76. The van der Waals surface area contributed by atoms with Gasteiger partial charge in [-0.25, -0.2) is 4.79 Å². The normalized spacial score (nSPS) is 11.2. The summed E-state index contributed by atoms with van der Waals surface area (Å²) in [4.78, 5) is 28.4. The predicted molar refractivity (Wildman–Crippen MR) is 126 cm³/mol. The van der Waals surface area contributed by atoms with E-state index in [-0.39, 0.29) is 23.4 Å². The molecule has 0 unspecified atom stereocenters. The second-order valence-corrected chi connectivity index (χ2v) is 8.55. The van der Waals surface area contributed by atoms with Crippen molar-refractivity contribution in [3.63, 3.8) is 0 Å². The number of furan rings is 1. The van der Waals surface area contributed by atoms with E-state index >= 15 is 0 Å². The summed E-state index contributed by atoms with van der Waals surface area (Å²) in [6, 6.07) is 17.1. The van der Waals surface area contributed by atoms with Crippen molar-refractivity contribution in [3.05, 3.63) is 92.9 Å². The fourth-order valence-electron chi connectivity index (χ4n) is 3.42. The standard InChI is InChI=1S/C23H15ClN4O4S/c24-17-7-2-1-6-15(17)21-27-28-19(25)16(20(29)26-23(28)33-21)11-14-8-9-18(32-14)12-4-3-5-13(10-12)22(30)31/h1-10H,11,25H2,(H,30,31). The van der Waals surface area contributed by atoms with Gasteiger partial charge in [0, 0.05) is 17.5 Å². The first-order valence-corrected chi connectivity index (χ1v) is 11.0. The maximum absolute atomic E-state index is 12.7. The van der Waals surface area contributed by atoms with Gasteiger partial charge in [0.25, 0.3) is 5.56 Å². The number of carboxylic acids is 1. The molecule has 164 valence electrons. The van der Waals surface area contributed by atoms with Gasteiger partial charge in [-0.15, -0.1) is 0 Å². The van der Waals surface area contributed by atoms with Gasteiger partial charge < -0.3 is 15.3 Å². The number of aromatic carboxylic acids is 1. The first kappa shape index (κ1) is 20.9. The molecule has 0 aliphatic rings. The van der Waals surface area contributed by atoms with Crippen LogP contribution in [0, 0.1) is 0 Å². The highest BCUT2D eigenvalue weighted by molar-refractivity contribution is 7.19. The molecule has 2 aromatic carbocycles. The molecule has 5 rings (SSSR count). The summed E-state index contributed by atoms with van der Waals surface area (Å²) in [5.41, 5.74) is 7.58. The maximum atomic E-state index is 12.7. The molecule has 0 amide bonds. The molecule has 0 aliphatic heterocycles. The zero-order valence-electron chi connectivity index (χ0n) is 16.9. The number of nitrogens with two attached hydrogens (primary N) is 1. The minimum absolute atomic E-state index is 0.109. The Morgan fingerprint density at radius 3 is 2.76 bits per heavy atom. The van der Waals surface area contributed by atoms with Gasteiger partial charge in [-0.2, -0.15) is 14.6 Å². The Bertz CT molecular complexity index is 1590. The molecule has 33 heavy (non-hydrogen) atoms. The molecule has 0 atom stereocenters. The van der Waals surface area contributed by atoms with Crippen molar-refractivity contribution in [2.24, 2.45) is 0 Å². The second kappa shape index (κ2) is 8.19. The van der Waals surface area contributed by atoms with Gasteiger partial charge in [0.2, 0.25) is 4.96 Å². The molecule has 10 heteroatoms. The second-order valence-electron chi connectivity index (χ2n) is 7.19. The Morgan fingerprint density at radius 2 is 1.97 bits per heavy atom. The molecule has 0 bridgehead atoms. The molecule has 0 saturated heterocycles. The van der Waals surface area contributed by atoms with Crippen molar-refractivity contribution in [1.82, 2.24) is 14.6 Å². The monoisotopic (exact) mass is 478 g/mol. The number of anilines is 1. The number of nitrogen functional groups attached to an aromatic ring is 1. The summed E-state index contributed by atoms with van der Waals surface area (Å²) in [5, 5.41) is 14.8. The summed E-state index contributed by atoms with van der Waals surface area (Å²) >= 11 is 7.49. The van der Waals surface area contributed by atoms with E-state index in [1.165, 1.54) is 28.0 Å². The number of halogens is 1. The van der Waals surface area contributed by atoms with Gasteiger partial charge >= 0.3 is 5.97 Å². The number of nitrogens with zero attached hydrogens (tertiary/aromatic N) is 3. The van der Waals surface area contributed by atoms with Gasteiger partial charge in [0.05, 0.1) is 16.1 Å². The Balaban J connectivity index is 1.50. The molecule has 0 radical (unpaired) electrons. The van der Waals surface area contributed by atoms with E-state index < -0.39 is 11.5 Å². The smallest absolute Gasteiger partial charge is 0.335 e. The Kier molecular flexibility index (Phi) is 5.20. The van der Waals surface area contributed by atoms with E-state index in [1.807, 2.05) is 18.2 Å². The molecule has 8 nitrogen and oxygen atoms in total. The minimum atomic E-state index is -1.02. The Labute approximate surface area is 195 Å². The third-order valence-electron chi connectivity index (χ3n) is 5.06. The zero-order chi connectivity index (χ0) is 23.1. The van der Waals surface area contributed by atoms with Crippen LogP contribution in [-0.2, 0) is 6.42 Å². The average Bonchev–Trinajstić information content (AvgIpc) is 3.44. The lowest BCUT2D eigenvalue weighted by atomic mass is 10.1. The van der Waals surface area contributed by atoms with Gasteiger partial charge in [0.15, 0.2) is 0 Å². The van der Waals surface area contributed by atoms with Crippen molar-refractivity contribution in [1.29, 1.82) is 0 Å². The molecular formula is C23H15ClN4O4S. The van der Waals surface area contributed by atoms with Crippen LogP contribution in [0.15, 0.2) is 69.9 Å². The van der Waals surface area contributed by atoms with Crippen LogP contribution in [0.5, 0.6) is 0 Å². The van der Waals surface area contributed by atoms with Crippen LogP contribution < -0.4 is 11.3 Å². The van der Waals surface area contributed by atoms with Crippen molar-refractivity contribution in [2.75, 3.05) is 5.73 Å². The summed E-state index contributed by atoms with van der Waals surface area (Å²) in [6.07, 6.45) is 0.109. The Morgan fingerprint density at radius 1 is 1.15 bits per heavy atom. The van der Waals surface area contributed by atoms with E-state index in [4.69, 9.17) is 21.8 Å². The van der Waals surface area contributed by atoms with E-state index in [2.05, 4.69) is 10.1 Å². The SMILES string of the molecule is Nc1c(Cc2ccc(-c3cccc(C(=O)O)c3)o2)c(=O)nc2sc(-c3ccccc3Cl)nn12. The van der Waals surface area contributed by atoms with Crippen LogP contribution in [0.3, 0.4) is 0 Å². The fraction of sp³-hybridized carbons (Fsp3) is 0.0435. The highest BCUT2D eigenvalue weighted by Gasteiger charge is 2.18. The Hall–Kier alpha value is -3.95. The summed E-state index contributed by atoms with van der Waals surface area (Å²) in [6.45, 7) is 0. The minimum Gasteiger partial charge on any atom is -0.478 e. The van der Waals surface area contributed by atoms with Crippen LogP contribution in [0.4, 0.5) is 5.82 Å². The van der Waals surface area contributed by atoms with E-state index in [0.29, 0.717) is 32.1 Å². The molecule has 5 aromatic rings. The molecular weight excluding hydrogens is 464 g/mol. The predicted octanol–water partition coefficient (Wildman–Crippen LogP) is 4.60. The summed E-state index contributed by atoms with van der Waals surface area (Å²) in [7, 11) is 0. The highest BCUT2D eigenvalue weighted by atomic mass is 35.5. The molecule has 3 aromatic heterocycles. The third kappa shape index (κ3) is 3.88. The van der Waals surface area contributed by atoms with Crippen molar-refractivity contribution in [2.45, 2.75) is 6.42 Å².